The number of hydrogen-bond donors (Lipinski definition) is 3. The second-order valence-electron chi connectivity index (χ2n) is 6.80. The van der Waals surface area contributed by atoms with Gasteiger partial charge >= 0.3 is 5.97 Å². The zero-order valence-corrected chi connectivity index (χ0v) is 22.6. The average Bonchev–Trinajstić information content (AvgIpc) is 2.83. The fraction of sp³-hybridized carbons (Fsp3) is 0.304. The molecule has 0 spiro atoms. The summed E-state index contributed by atoms with van der Waals surface area (Å²) in [4.78, 5) is 12.8. The van der Waals surface area contributed by atoms with Crippen molar-refractivity contribution in [2.45, 2.75) is 30.5 Å². The minimum Gasteiger partial charge on any atom is -0.497 e. The molecule has 0 unspecified atom stereocenters. The Kier molecular flexibility index (Phi) is 14.7. The third kappa shape index (κ3) is 12.6. The minimum atomic E-state index is -0.750. The van der Waals surface area contributed by atoms with E-state index in [0.717, 1.165) is 11.3 Å². The number of carbonyl (C=O) groups is 1. The number of halogens is 3. The molecule has 12 heteroatoms. The van der Waals surface area contributed by atoms with Crippen molar-refractivity contribution in [3.05, 3.63) is 60.2 Å². The van der Waals surface area contributed by atoms with Crippen molar-refractivity contribution in [2.75, 3.05) is 19.1 Å². The van der Waals surface area contributed by atoms with Gasteiger partial charge in [-0.2, -0.15) is 10.2 Å². The molecule has 0 amide bonds. The number of ether oxygens (including phenoxy) is 2. The number of esters is 1. The first-order chi connectivity index (χ1) is 16.7. The summed E-state index contributed by atoms with van der Waals surface area (Å²) in [7, 11) is 1.60. The Hall–Kier alpha value is -2.59. The van der Waals surface area contributed by atoms with Crippen LogP contribution in [-0.2, 0) is 9.53 Å². The van der Waals surface area contributed by atoms with E-state index in [1.165, 1.54) is 0 Å². The van der Waals surface area contributed by atoms with Crippen LogP contribution in [0.1, 0.15) is 31.7 Å². The minimum absolute atomic E-state index is 0.0658. The van der Waals surface area contributed by atoms with Crippen LogP contribution in [0.5, 0.6) is 5.75 Å². The predicted octanol–water partition coefficient (Wildman–Crippen LogP) is 5.40. The van der Waals surface area contributed by atoms with Gasteiger partial charge in [-0.1, -0.05) is 65.1 Å². The number of hydrogen-bond acceptors (Lipinski definition) is 7. The highest BCUT2D eigenvalue weighted by Gasteiger charge is 2.27. The van der Waals surface area contributed by atoms with E-state index in [4.69, 9.17) is 62.2 Å². The maximum atomic E-state index is 12.8. The predicted molar refractivity (Wildman–Crippen MR) is 149 cm³/mol. The van der Waals surface area contributed by atoms with E-state index in [0.29, 0.717) is 17.8 Å². The molecule has 0 saturated heterocycles. The third-order valence-corrected chi connectivity index (χ3v) is 4.36. The molecule has 2 aromatic rings. The van der Waals surface area contributed by atoms with Crippen molar-refractivity contribution in [3.8, 4) is 5.75 Å². The number of benzene rings is 2. The number of carbonyl (C=O) groups excluding carboxylic acids is 1. The van der Waals surface area contributed by atoms with E-state index in [9.17, 15) is 4.79 Å². The standard InChI is InChI=1S/C22H27N5O3S.CHCl3/c1-4-30-21(28)20(26-25-17-10-12-18(29-3)13-11-17)19(16-8-6-5-7-9-16)14-15(2)24-27-22(23)31;2-1(3)4/h5-13,19,25H,4,14H2,1-3H3,(H3,23,27,31);1H/b24-15+,26-20-;/t19-;/m1./s1. The van der Waals surface area contributed by atoms with Gasteiger partial charge in [-0.3, -0.25) is 10.9 Å². The first kappa shape index (κ1) is 30.4. The number of alkyl halides is 3. The Morgan fingerprint density at radius 1 is 1.09 bits per heavy atom. The Morgan fingerprint density at radius 2 is 1.69 bits per heavy atom. The SMILES string of the molecule is CCOC(=O)/C(=N\Nc1ccc(OC)cc1)[C@H](C/C(C)=N/NC(N)=S)c1ccccc1.ClC(Cl)Cl. The van der Waals surface area contributed by atoms with E-state index < -0.39 is 16.2 Å². The maximum absolute atomic E-state index is 12.8. The third-order valence-electron chi connectivity index (χ3n) is 4.27. The number of rotatable bonds is 10. The van der Waals surface area contributed by atoms with E-state index >= 15 is 0 Å². The molecule has 0 saturated carbocycles. The van der Waals surface area contributed by atoms with Crippen LogP contribution in [0.15, 0.2) is 64.8 Å². The quantitative estimate of drug-likeness (QED) is 0.117. The number of nitrogens with one attached hydrogen (secondary N) is 2. The molecular weight excluding hydrogens is 533 g/mol. The number of nitrogens with two attached hydrogens (primary N) is 1. The van der Waals surface area contributed by atoms with Gasteiger partial charge in [-0.05, 0) is 62.3 Å². The van der Waals surface area contributed by atoms with Gasteiger partial charge in [0.25, 0.3) is 0 Å². The summed E-state index contributed by atoms with van der Waals surface area (Å²) in [5.74, 6) is -0.185. The zero-order chi connectivity index (χ0) is 26.2. The monoisotopic (exact) mass is 559 g/mol. The number of nitrogens with zero attached hydrogens (tertiary/aromatic N) is 2. The topological polar surface area (TPSA) is 110 Å². The zero-order valence-electron chi connectivity index (χ0n) is 19.5. The summed E-state index contributed by atoms with van der Waals surface area (Å²) < 4.78 is 9.70. The highest BCUT2D eigenvalue weighted by Crippen LogP contribution is 2.24. The molecule has 2 aromatic carbocycles. The molecule has 0 aromatic heterocycles. The Balaban J connectivity index is 0.00000142. The first-order valence-corrected chi connectivity index (χ1v) is 12.1. The van der Waals surface area contributed by atoms with Crippen LogP contribution in [0.3, 0.4) is 0 Å². The summed E-state index contributed by atoms with van der Waals surface area (Å²) >= 11 is 19.2. The van der Waals surface area contributed by atoms with E-state index in [1.807, 2.05) is 37.3 Å². The number of hydrazone groups is 2. The summed E-state index contributed by atoms with van der Waals surface area (Å²) in [5, 5.41) is 8.66. The molecule has 0 heterocycles. The highest BCUT2D eigenvalue weighted by molar-refractivity contribution is 7.80. The van der Waals surface area contributed by atoms with Crippen LogP contribution in [0, 0.1) is 0 Å². The van der Waals surface area contributed by atoms with Crippen LogP contribution in [0.4, 0.5) is 5.69 Å². The van der Waals surface area contributed by atoms with E-state index in [1.54, 1.807) is 38.3 Å². The summed E-state index contributed by atoms with van der Waals surface area (Å²) in [6.45, 7) is 3.81. The van der Waals surface area contributed by atoms with E-state index in [-0.39, 0.29) is 17.4 Å². The second-order valence-corrected chi connectivity index (χ2v) is 9.22. The van der Waals surface area contributed by atoms with E-state index in [2.05, 4.69) is 21.1 Å². The fourth-order valence-corrected chi connectivity index (χ4v) is 2.86. The lowest BCUT2D eigenvalue weighted by atomic mass is 9.89. The van der Waals surface area contributed by atoms with Gasteiger partial charge in [-0.15, -0.1) is 0 Å². The molecule has 4 N–H and O–H groups in total. The molecule has 0 radical (unpaired) electrons. The van der Waals surface area contributed by atoms with Gasteiger partial charge in [0.05, 0.1) is 19.4 Å². The summed E-state index contributed by atoms with van der Waals surface area (Å²) in [6.07, 6.45) is 0.404. The number of methoxy groups -OCH3 is 1. The molecule has 0 aliphatic rings. The Morgan fingerprint density at radius 3 is 2.20 bits per heavy atom. The van der Waals surface area contributed by atoms with Crippen molar-refractivity contribution in [1.82, 2.24) is 5.43 Å². The molecule has 8 nitrogen and oxygen atoms in total. The fourth-order valence-electron chi connectivity index (χ4n) is 2.81. The average molecular weight is 561 g/mol. The number of anilines is 1. The molecule has 190 valence electrons. The van der Waals surface area contributed by atoms with Gasteiger partial charge in [0, 0.05) is 11.6 Å². The Bertz CT molecular complexity index is 987. The second kappa shape index (κ2) is 16.9. The van der Waals surface area contributed by atoms with Gasteiger partial charge in [0.1, 0.15) is 5.75 Å². The van der Waals surface area contributed by atoms with Crippen molar-refractivity contribution in [1.29, 1.82) is 0 Å². The number of thiocarbonyl (C=S) groups is 1. The molecule has 0 aliphatic heterocycles. The molecular formula is C23H28Cl3N5O3S. The molecule has 2 rings (SSSR count). The summed E-state index contributed by atoms with van der Waals surface area (Å²) in [6, 6.07) is 16.8. The van der Waals surface area contributed by atoms with Crippen molar-refractivity contribution in [2.24, 2.45) is 15.9 Å². The molecule has 1 atom stereocenters. The van der Waals surface area contributed by atoms with Crippen molar-refractivity contribution >= 4 is 75.2 Å². The van der Waals surface area contributed by atoms with Gasteiger partial charge in [-0.25, -0.2) is 4.79 Å². The molecule has 0 aliphatic carbocycles. The first-order valence-electron chi connectivity index (χ1n) is 10.4. The normalized spacial score (nSPS) is 12.2. The van der Waals surface area contributed by atoms with Crippen molar-refractivity contribution in [3.63, 3.8) is 0 Å². The van der Waals surface area contributed by atoms with Crippen LogP contribution in [0.25, 0.3) is 0 Å². The molecule has 35 heavy (non-hydrogen) atoms. The maximum Gasteiger partial charge on any atom is 0.355 e. The highest BCUT2D eigenvalue weighted by atomic mass is 35.6. The van der Waals surface area contributed by atoms with Crippen LogP contribution in [0.2, 0.25) is 0 Å². The van der Waals surface area contributed by atoms with Crippen LogP contribution < -0.4 is 21.3 Å². The largest absolute Gasteiger partial charge is 0.497 e. The van der Waals surface area contributed by atoms with Crippen molar-refractivity contribution < 1.29 is 14.3 Å². The molecule has 0 bridgehead atoms. The Labute approximate surface area is 225 Å². The lowest BCUT2D eigenvalue weighted by molar-refractivity contribution is -0.135. The summed E-state index contributed by atoms with van der Waals surface area (Å²) in [5.41, 5.74) is 13.5. The van der Waals surface area contributed by atoms with Gasteiger partial charge < -0.3 is 15.2 Å². The van der Waals surface area contributed by atoms with Crippen LogP contribution >= 0.6 is 47.0 Å². The van der Waals surface area contributed by atoms with Crippen LogP contribution in [-0.4, -0.2) is 40.5 Å². The molecule has 0 fully saturated rings. The lowest BCUT2D eigenvalue weighted by Crippen LogP contribution is -2.29. The van der Waals surface area contributed by atoms with Gasteiger partial charge in [0.2, 0.25) is 0 Å². The van der Waals surface area contributed by atoms with Gasteiger partial charge in [0.15, 0.2) is 15.1 Å². The smallest absolute Gasteiger partial charge is 0.355 e. The lowest BCUT2D eigenvalue weighted by Gasteiger charge is -2.19.